The molecule has 0 spiro atoms. The van der Waals surface area contributed by atoms with Crippen molar-refractivity contribution in [3.05, 3.63) is 29.8 Å². The number of para-hydroxylation sites is 1. The Morgan fingerprint density at radius 2 is 1.95 bits per heavy atom. The third-order valence-corrected chi connectivity index (χ3v) is 4.43. The highest BCUT2D eigenvalue weighted by Crippen LogP contribution is 2.29. The summed E-state index contributed by atoms with van der Waals surface area (Å²) in [6.07, 6.45) is -0.413. The lowest BCUT2D eigenvalue weighted by molar-refractivity contribution is -0.117. The minimum Gasteiger partial charge on any atom is -0.345 e. The zero-order valence-electron chi connectivity index (χ0n) is 11.6. The van der Waals surface area contributed by atoms with Gasteiger partial charge in [0.15, 0.2) is 0 Å². The molecule has 0 radical (unpaired) electrons. The zero-order valence-corrected chi connectivity index (χ0v) is 12.4. The first-order valence-corrected chi connectivity index (χ1v) is 7.71. The Bertz CT molecular complexity index is 687. The van der Waals surface area contributed by atoms with Gasteiger partial charge in [-0.3, -0.25) is 9.59 Å². The van der Waals surface area contributed by atoms with Crippen LogP contribution in [-0.2, 0) is 15.0 Å². The topological polar surface area (TPSA) is 74.8 Å². The second-order valence-electron chi connectivity index (χ2n) is 5.02. The van der Waals surface area contributed by atoms with Gasteiger partial charge in [-0.05, 0) is 12.1 Å². The van der Waals surface area contributed by atoms with Crippen molar-refractivity contribution >= 4 is 27.7 Å². The van der Waals surface area contributed by atoms with Crippen LogP contribution in [0.4, 0.5) is 9.57 Å². The number of hydrogen-bond acceptors (Lipinski definition) is 4. The van der Waals surface area contributed by atoms with Gasteiger partial charge < -0.3 is 9.80 Å². The molecule has 21 heavy (non-hydrogen) atoms. The summed E-state index contributed by atoms with van der Waals surface area (Å²) in [6.45, 7) is -0.282. The van der Waals surface area contributed by atoms with Gasteiger partial charge in [0.05, 0.1) is 11.3 Å². The van der Waals surface area contributed by atoms with Gasteiger partial charge in [0.2, 0.25) is 5.91 Å². The molecule has 0 bridgehead atoms. The SMILES string of the molecule is CN(C)C(=O)c1ccccc1N1CC(S(=O)(=O)F)CC1=O. The van der Waals surface area contributed by atoms with Crippen LogP contribution in [0.3, 0.4) is 0 Å². The van der Waals surface area contributed by atoms with E-state index < -0.39 is 27.8 Å². The monoisotopic (exact) mass is 314 g/mol. The fraction of sp³-hybridized carbons (Fsp3) is 0.385. The van der Waals surface area contributed by atoms with Crippen LogP contribution < -0.4 is 4.90 Å². The van der Waals surface area contributed by atoms with E-state index in [1.165, 1.54) is 4.90 Å². The van der Waals surface area contributed by atoms with Crippen molar-refractivity contribution in [3.8, 4) is 0 Å². The van der Waals surface area contributed by atoms with Crippen molar-refractivity contribution < 1.29 is 21.9 Å². The average Bonchev–Trinajstić information content (AvgIpc) is 2.79. The lowest BCUT2D eigenvalue weighted by atomic mass is 10.1. The van der Waals surface area contributed by atoms with Crippen LogP contribution in [0.5, 0.6) is 0 Å². The molecule has 8 heteroatoms. The van der Waals surface area contributed by atoms with Crippen molar-refractivity contribution in [1.29, 1.82) is 0 Å². The number of hydrogen-bond donors (Lipinski definition) is 0. The van der Waals surface area contributed by atoms with E-state index in [-0.39, 0.29) is 18.0 Å². The van der Waals surface area contributed by atoms with Gasteiger partial charge in [0, 0.05) is 27.1 Å². The number of carbonyl (C=O) groups is 2. The van der Waals surface area contributed by atoms with Crippen LogP contribution >= 0.6 is 0 Å². The average molecular weight is 314 g/mol. The van der Waals surface area contributed by atoms with E-state index in [4.69, 9.17) is 0 Å². The number of amides is 2. The minimum absolute atomic E-state index is 0.271. The van der Waals surface area contributed by atoms with Gasteiger partial charge >= 0.3 is 10.2 Å². The second-order valence-corrected chi connectivity index (χ2v) is 6.64. The van der Waals surface area contributed by atoms with Gasteiger partial charge in [0.25, 0.3) is 5.91 Å². The molecule has 2 rings (SSSR count). The highest BCUT2D eigenvalue weighted by molar-refractivity contribution is 7.87. The maximum Gasteiger partial charge on any atom is 0.307 e. The van der Waals surface area contributed by atoms with Crippen LogP contribution in [0.1, 0.15) is 16.8 Å². The molecule has 1 saturated heterocycles. The van der Waals surface area contributed by atoms with Crippen molar-refractivity contribution in [1.82, 2.24) is 4.90 Å². The Morgan fingerprint density at radius 1 is 1.33 bits per heavy atom. The van der Waals surface area contributed by atoms with Gasteiger partial charge in [-0.1, -0.05) is 12.1 Å². The van der Waals surface area contributed by atoms with E-state index in [0.29, 0.717) is 5.69 Å². The van der Waals surface area contributed by atoms with Crippen molar-refractivity contribution in [2.75, 3.05) is 25.5 Å². The van der Waals surface area contributed by atoms with E-state index in [9.17, 15) is 21.9 Å². The van der Waals surface area contributed by atoms with Gasteiger partial charge in [-0.2, -0.15) is 8.42 Å². The third-order valence-electron chi connectivity index (χ3n) is 3.32. The predicted molar refractivity (Wildman–Crippen MR) is 75.2 cm³/mol. The fourth-order valence-electron chi connectivity index (χ4n) is 2.23. The Kier molecular flexibility index (Phi) is 3.99. The molecule has 0 N–H and O–H groups in total. The first kappa shape index (κ1) is 15.4. The summed E-state index contributed by atoms with van der Waals surface area (Å²) in [4.78, 5) is 26.6. The predicted octanol–water partition coefficient (Wildman–Crippen LogP) is 0.793. The zero-order chi connectivity index (χ0) is 15.8. The third kappa shape index (κ3) is 3.05. The number of benzene rings is 1. The van der Waals surface area contributed by atoms with Crippen molar-refractivity contribution in [3.63, 3.8) is 0 Å². The summed E-state index contributed by atoms with van der Waals surface area (Å²) in [5.41, 5.74) is 0.570. The Morgan fingerprint density at radius 3 is 2.48 bits per heavy atom. The number of rotatable bonds is 3. The number of anilines is 1. The van der Waals surface area contributed by atoms with Crippen LogP contribution in [0.25, 0.3) is 0 Å². The first-order chi connectivity index (χ1) is 9.71. The van der Waals surface area contributed by atoms with Crippen LogP contribution in [-0.4, -0.2) is 51.0 Å². The normalized spacial score (nSPS) is 18.9. The first-order valence-electron chi connectivity index (χ1n) is 6.26. The molecule has 1 fully saturated rings. The molecule has 1 heterocycles. The van der Waals surface area contributed by atoms with Crippen LogP contribution in [0.2, 0.25) is 0 Å². The molecule has 2 amide bonds. The van der Waals surface area contributed by atoms with Crippen LogP contribution in [0.15, 0.2) is 24.3 Å². The fourth-order valence-corrected chi connectivity index (χ4v) is 2.90. The Balaban J connectivity index is 2.40. The van der Waals surface area contributed by atoms with Crippen molar-refractivity contribution in [2.24, 2.45) is 0 Å². The highest BCUT2D eigenvalue weighted by atomic mass is 32.3. The molecule has 1 aromatic carbocycles. The number of halogens is 1. The minimum atomic E-state index is -4.78. The molecule has 1 unspecified atom stereocenters. The lowest BCUT2D eigenvalue weighted by Crippen LogP contribution is -2.30. The van der Waals surface area contributed by atoms with E-state index in [1.54, 1.807) is 38.4 Å². The van der Waals surface area contributed by atoms with Crippen LogP contribution in [0, 0.1) is 0 Å². The summed E-state index contributed by atoms with van der Waals surface area (Å²) in [6, 6.07) is 6.36. The molecular formula is C13H15FN2O4S. The quantitative estimate of drug-likeness (QED) is 0.773. The van der Waals surface area contributed by atoms with E-state index in [2.05, 4.69) is 0 Å². The summed E-state index contributed by atoms with van der Waals surface area (Å²) in [5, 5.41) is -1.38. The number of carbonyl (C=O) groups excluding carboxylic acids is 2. The molecule has 0 aromatic heterocycles. The van der Waals surface area contributed by atoms with E-state index >= 15 is 0 Å². The molecule has 1 aliphatic rings. The largest absolute Gasteiger partial charge is 0.345 e. The summed E-state index contributed by atoms with van der Waals surface area (Å²) >= 11 is 0. The molecule has 6 nitrogen and oxygen atoms in total. The Labute approximate surface area is 122 Å². The number of nitrogens with zero attached hydrogens (tertiary/aromatic N) is 2. The molecule has 0 saturated carbocycles. The van der Waals surface area contributed by atoms with Gasteiger partial charge in [-0.25, -0.2) is 0 Å². The highest BCUT2D eigenvalue weighted by Gasteiger charge is 2.40. The molecule has 1 aromatic rings. The maximum absolute atomic E-state index is 13.1. The van der Waals surface area contributed by atoms with Gasteiger partial charge in [-0.15, -0.1) is 3.89 Å². The molecular weight excluding hydrogens is 299 g/mol. The summed E-state index contributed by atoms with van der Waals surface area (Å²) in [7, 11) is -1.65. The molecule has 1 atom stereocenters. The Hall–Kier alpha value is -1.96. The molecule has 0 aliphatic carbocycles. The second kappa shape index (κ2) is 5.44. The van der Waals surface area contributed by atoms with Crippen molar-refractivity contribution in [2.45, 2.75) is 11.7 Å². The van der Waals surface area contributed by atoms with E-state index in [1.807, 2.05) is 0 Å². The lowest BCUT2D eigenvalue weighted by Gasteiger charge is -2.21. The molecule has 114 valence electrons. The molecule has 1 aliphatic heterocycles. The standard InChI is InChI=1S/C13H15FN2O4S/c1-15(2)13(18)10-5-3-4-6-11(10)16-8-9(7-12(16)17)21(14,19)20/h3-6,9H,7-8H2,1-2H3. The van der Waals surface area contributed by atoms with E-state index in [0.717, 1.165) is 4.90 Å². The maximum atomic E-state index is 13.1. The summed E-state index contributed by atoms with van der Waals surface area (Å²) in [5.74, 6) is -0.829. The van der Waals surface area contributed by atoms with Gasteiger partial charge in [0.1, 0.15) is 5.25 Å². The summed E-state index contributed by atoms with van der Waals surface area (Å²) < 4.78 is 35.0. The smallest absolute Gasteiger partial charge is 0.307 e.